The van der Waals surface area contributed by atoms with E-state index in [2.05, 4.69) is 15.4 Å². The summed E-state index contributed by atoms with van der Waals surface area (Å²) < 4.78 is 26.4. The van der Waals surface area contributed by atoms with Crippen molar-refractivity contribution >= 4 is 27.5 Å². The normalized spacial score (nSPS) is 11.0. The van der Waals surface area contributed by atoms with Crippen LogP contribution >= 0.6 is 0 Å². The maximum Gasteiger partial charge on any atom is 0.243 e. The largest absolute Gasteiger partial charge is 0.346 e. The van der Waals surface area contributed by atoms with Crippen LogP contribution in [-0.2, 0) is 19.6 Å². The lowest BCUT2D eigenvalue weighted by Crippen LogP contribution is -2.40. The molecule has 0 aromatic heterocycles. The van der Waals surface area contributed by atoms with Crippen molar-refractivity contribution in [1.82, 2.24) is 10.0 Å². The first-order chi connectivity index (χ1) is 12.3. The molecule has 2 amide bonds. The fourth-order valence-corrected chi connectivity index (χ4v) is 3.09. The zero-order valence-corrected chi connectivity index (χ0v) is 15.4. The summed E-state index contributed by atoms with van der Waals surface area (Å²) in [6, 6.07) is 13.5. The first-order valence-corrected chi connectivity index (χ1v) is 9.45. The van der Waals surface area contributed by atoms with Gasteiger partial charge in [-0.3, -0.25) is 9.59 Å². The molecule has 0 aliphatic carbocycles. The van der Waals surface area contributed by atoms with Crippen LogP contribution in [0.25, 0.3) is 0 Å². The first kappa shape index (κ1) is 19.6. The summed E-state index contributed by atoms with van der Waals surface area (Å²) in [5.74, 6) is -0.991. The maximum absolute atomic E-state index is 12.1. The number of carbonyl (C=O) groups excluding carboxylic acids is 2. The molecule has 138 valence electrons. The molecule has 2 aromatic carbocycles. The van der Waals surface area contributed by atoms with E-state index in [1.807, 2.05) is 26.0 Å². The Hall–Kier alpha value is -2.71. The Bertz CT molecular complexity index is 893. The highest BCUT2D eigenvalue weighted by atomic mass is 32.2. The minimum Gasteiger partial charge on any atom is -0.346 e. The molecule has 8 heteroatoms. The average Bonchev–Trinajstić information content (AvgIpc) is 2.60. The summed E-state index contributed by atoms with van der Waals surface area (Å²) in [4.78, 5) is 23.7. The summed E-state index contributed by atoms with van der Waals surface area (Å²) >= 11 is 0. The minimum atomic E-state index is -3.78. The second-order valence-electron chi connectivity index (χ2n) is 5.78. The Kier molecular flexibility index (Phi) is 6.48. The van der Waals surface area contributed by atoms with E-state index in [1.54, 1.807) is 24.3 Å². The maximum atomic E-state index is 12.1. The molecule has 0 radical (unpaired) electrons. The van der Waals surface area contributed by atoms with Gasteiger partial charge in [0.25, 0.3) is 0 Å². The van der Waals surface area contributed by atoms with Crippen molar-refractivity contribution in [1.29, 1.82) is 0 Å². The lowest BCUT2D eigenvalue weighted by molar-refractivity contribution is -0.123. The lowest BCUT2D eigenvalue weighted by Gasteiger charge is -2.10. The van der Waals surface area contributed by atoms with Crippen LogP contribution in [0.5, 0.6) is 0 Å². The van der Waals surface area contributed by atoms with Crippen LogP contribution in [-0.4, -0.2) is 33.3 Å². The number of aryl methyl sites for hydroxylation is 2. The first-order valence-electron chi connectivity index (χ1n) is 7.96. The molecule has 0 aliphatic rings. The molecule has 26 heavy (non-hydrogen) atoms. The van der Waals surface area contributed by atoms with Gasteiger partial charge >= 0.3 is 0 Å². The number of rotatable bonds is 7. The van der Waals surface area contributed by atoms with Crippen LogP contribution in [0.4, 0.5) is 5.69 Å². The molecule has 7 nitrogen and oxygen atoms in total. The van der Waals surface area contributed by atoms with Crippen molar-refractivity contribution in [2.75, 3.05) is 18.4 Å². The Balaban J connectivity index is 1.80. The van der Waals surface area contributed by atoms with Gasteiger partial charge in [0.1, 0.15) is 0 Å². The van der Waals surface area contributed by atoms with Gasteiger partial charge in [-0.25, -0.2) is 13.1 Å². The number of hydrogen-bond donors (Lipinski definition) is 3. The SMILES string of the molecule is Cc1ccc(S(=O)(=O)NCC(=O)NCC(=O)Nc2ccccc2C)cc1. The second kappa shape index (κ2) is 8.59. The molecule has 0 heterocycles. The van der Waals surface area contributed by atoms with Crippen LogP contribution in [0, 0.1) is 13.8 Å². The Morgan fingerprint density at radius 3 is 2.19 bits per heavy atom. The highest BCUT2D eigenvalue weighted by Crippen LogP contribution is 2.12. The molecule has 0 fully saturated rings. The van der Waals surface area contributed by atoms with Crippen LogP contribution in [0.2, 0.25) is 0 Å². The van der Waals surface area contributed by atoms with E-state index < -0.39 is 28.4 Å². The van der Waals surface area contributed by atoms with E-state index in [-0.39, 0.29) is 11.4 Å². The zero-order valence-electron chi connectivity index (χ0n) is 14.6. The number of amides is 2. The van der Waals surface area contributed by atoms with E-state index in [9.17, 15) is 18.0 Å². The lowest BCUT2D eigenvalue weighted by atomic mass is 10.2. The predicted molar refractivity (Wildman–Crippen MR) is 99.2 cm³/mol. The Labute approximate surface area is 152 Å². The highest BCUT2D eigenvalue weighted by molar-refractivity contribution is 7.89. The van der Waals surface area contributed by atoms with Gasteiger partial charge in [0, 0.05) is 5.69 Å². The number of anilines is 1. The number of carbonyl (C=O) groups is 2. The molecule has 0 unspecified atom stereocenters. The van der Waals surface area contributed by atoms with Crippen LogP contribution < -0.4 is 15.4 Å². The fourth-order valence-electron chi connectivity index (χ4n) is 2.11. The number of benzene rings is 2. The summed E-state index contributed by atoms with van der Waals surface area (Å²) in [5, 5.41) is 5.05. The molecule has 3 N–H and O–H groups in total. The van der Waals surface area contributed by atoms with Crippen molar-refractivity contribution in [3.8, 4) is 0 Å². The smallest absolute Gasteiger partial charge is 0.243 e. The van der Waals surface area contributed by atoms with Crippen LogP contribution in [0.3, 0.4) is 0 Å². The molecule has 0 saturated carbocycles. The third-order valence-electron chi connectivity index (χ3n) is 3.62. The molecule has 2 aromatic rings. The highest BCUT2D eigenvalue weighted by Gasteiger charge is 2.15. The molecular formula is C18H21N3O4S. The molecule has 0 bridgehead atoms. The molecule has 0 aliphatic heterocycles. The number of sulfonamides is 1. The molecule has 2 rings (SSSR count). The van der Waals surface area contributed by atoms with E-state index in [4.69, 9.17) is 0 Å². The van der Waals surface area contributed by atoms with Crippen LogP contribution in [0.15, 0.2) is 53.4 Å². The molecule has 0 atom stereocenters. The van der Waals surface area contributed by atoms with E-state index in [1.165, 1.54) is 12.1 Å². The predicted octanol–water partition coefficient (Wildman–Crippen LogP) is 1.34. The van der Waals surface area contributed by atoms with Crippen molar-refractivity contribution in [2.45, 2.75) is 18.7 Å². The third kappa shape index (κ3) is 5.68. The van der Waals surface area contributed by atoms with Crippen molar-refractivity contribution in [2.24, 2.45) is 0 Å². The standard InChI is InChI=1S/C18H21N3O4S/c1-13-7-9-15(10-8-13)26(24,25)20-12-17(22)19-11-18(23)21-16-6-4-3-5-14(16)2/h3-10,20H,11-12H2,1-2H3,(H,19,22)(H,21,23). The van der Waals surface area contributed by atoms with Gasteiger partial charge in [0.05, 0.1) is 18.0 Å². The van der Waals surface area contributed by atoms with E-state index in [0.717, 1.165) is 11.1 Å². The molecule has 0 spiro atoms. The fraction of sp³-hybridized carbons (Fsp3) is 0.222. The van der Waals surface area contributed by atoms with Gasteiger partial charge in [0.15, 0.2) is 0 Å². The second-order valence-corrected chi connectivity index (χ2v) is 7.54. The minimum absolute atomic E-state index is 0.0770. The van der Waals surface area contributed by atoms with Crippen molar-refractivity contribution < 1.29 is 18.0 Å². The Morgan fingerprint density at radius 1 is 0.885 bits per heavy atom. The summed E-state index contributed by atoms with van der Waals surface area (Å²) in [6.07, 6.45) is 0. The quantitative estimate of drug-likeness (QED) is 0.679. The summed E-state index contributed by atoms with van der Waals surface area (Å²) in [5.41, 5.74) is 2.49. The van der Waals surface area contributed by atoms with Crippen molar-refractivity contribution in [3.63, 3.8) is 0 Å². The topological polar surface area (TPSA) is 104 Å². The van der Waals surface area contributed by atoms with E-state index in [0.29, 0.717) is 5.69 Å². The third-order valence-corrected chi connectivity index (χ3v) is 5.04. The molecule has 0 saturated heterocycles. The Morgan fingerprint density at radius 2 is 1.54 bits per heavy atom. The summed E-state index contributed by atoms with van der Waals surface area (Å²) in [7, 11) is -3.78. The van der Waals surface area contributed by atoms with Gasteiger partial charge in [-0.2, -0.15) is 0 Å². The zero-order chi connectivity index (χ0) is 19.2. The number of nitrogens with one attached hydrogen (secondary N) is 3. The van der Waals surface area contributed by atoms with Gasteiger partial charge in [0.2, 0.25) is 21.8 Å². The van der Waals surface area contributed by atoms with Gasteiger partial charge in [-0.15, -0.1) is 0 Å². The average molecular weight is 375 g/mol. The van der Waals surface area contributed by atoms with E-state index >= 15 is 0 Å². The number of hydrogen-bond acceptors (Lipinski definition) is 4. The monoisotopic (exact) mass is 375 g/mol. The van der Waals surface area contributed by atoms with Crippen molar-refractivity contribution in [3.05, 3.63) is 59.7 Å². The summed E-state index contributed by atoms with van der Waals surface area (Å²) in [6.45, 7) is 3.00. The number of para-hydroxylation sites is 1. The van der Waals surface area contributed by atoms with Gasteiger partial charge < -0.3 is 10.6 Å². The van der Waals surface area contributed by atoms with Crippen LogP contribution in [0.1, 0.15) is 11.1 Å². The molecular weight excluding hydrogens is 354 g/mol. The van der Waals surface area contributed by atoms with Gasteiger partial charge in [-0.05, 0) is 37.6 Å². The van der Waals surface area contributed by atoms with Gasteiger partial charge in [-0.1, -0.05) is 35.9 Å².